The van der Waals surface area contributed by atoms with E-state index in [0.717, 1.165) is 5.56 Å². The Morgan fingerprint density at radius 3 is 2.31 bits per heavy atom. The number of nitrogens with zero attached hydrogens (tertiary/aromatic N) is 2. The van der Waals surface area contributed by atoms with Gasteiger partial charge in [-0.05, 0) is 49.7 Å². The van der Waals surface area contributed by atoms with Crippen molar-refractivity contribution >= 4 is 27.6 Å². The van der Waals surface area contributed by atoms with Crippen LogP contribution >= 0.6 is 0 Å². The molecule has 1 heterocycles. The third-order valence-electron chi connectivity index (χ3n) is 5.17. The first-order valence-corrected chi connectivity index (χ1v) is 10.7. The third kappa shape index (κ3) is 3.77. The molecule has 0 aliphatic carbocycles. The number of hydrogen-bond donors (Lipinski definition) is 0. The quantitative estimate of drug-likeness (QED) is 0.699. The number of carbonyl (C=O) groups is 2. The first-order chi connectivity index (χ1) is 13.7. The number of hydrogen-bond acceptors (Lipinski definition) is 5. The Labute approximate surface area is 170 Å². The third-order valence-corrected chi connectivity index (χ3v) is 7.22. The van der Waals surface area contributed by atoms with E-state index in [2.05, 4.69) is 0 Å². The highest BCUT2D eigenvalue weighted by atomic mass is 32.2. The van der Waals surface area contributed by atoms with Gasteiger partial charge in [-0.2, -0.15) is 4.31 Å². The maximum atomic E-state index is 13.2. The zero-order chi connectivity index (χ0) is 21.3. The molecule has 0 aromatic heterocycles. The van der Waals surface area contributed by atoms with Crippen molar-refractivity contribution in [3.63, 3.8) is 0 Å². The zero-order valence-corrected chi connectivity index (χ0v) is 17.6. The number of amides is 1. The van der Waals surface area contributed by atoms with Gasteiger partial charge in [0.25, 0.3) is 5.91 Å². The summed E-state index contributed by atoms with van der Waals surface area (Å²) >= 11 is 0. The molecule has 1 aliphatic heterocycles. The molecular formula is C21H24N2O5S. The van der Waals surface area contributed by atoms with E-state index in [9.17, 15) is 18.0 Å². The van der Waals surface area contributed by atoms with E-state index in [-0.39, 0.29) is 16.8 Å². The number of benzene rings is 2. The van der Waals surface area contributed by atoms with Crippen LogP contribution in [-0.4, -0.2) is 50.8 Å². The van der Waals surface area contributed by atoms with E-state index in [0.29, 0.717) is 17.7 Å². The van der Waals surface area contributed by atoms with E-state index in [4.69, 9.17) is 4.74 Å². The smallest absolute Gasteiger partial charge is 0.329 e. The van der Waals surface area contributed by atoms with Gasteiger partial charge in [-0.1, -0.05) is 18.2 Å². The fourth-order valence-corrected chi connectivity index (χ4v) is 4.68. The molecule has 0 saturated heterocycles. The molecule has 0 fully saturated rings. The van der Waals surface area contributed by atoms with Crippen LogP contribution in [0.2, 0.25) is 0 Å². The second-order valence-corrected chi connectivity index (χ2v) is 9.18. The molecule has 154 valence electrons. The Balaban J connectivity index is 1.94. The fraction of sp³-hybridized carbons (Fsp3) is 0.333. The number of ether oxygens (including phenoxy) is 1. The minimum absolute atomic E-state index is 0.108. The molecular weight excluding hydrogens is 392 g/mol. The average molecular weight is 416 g/mol. The first-order valence-electron chi connectivity index (χ1n) is 9.26. The van der Waals surface area contributed by atoms with Crippen molar-refractivity contribution in [1.82, 2.24) is 4.31 Å². The SMILES string of the molecule is COC(=O)C1Cc2ccccc2N1C(=O)c1ccc(S(=O)(=O)N(C)C(C)C)cc1. The largest absolute Gasteiger partial charge is 0.467 e. The van der Waals surface area contributed by atoms with Crippen molar-refractivity contribution in [2.45, 2.75) is 37.2 Å². The van der Waals surface area contributed by atoms with Crippen LogP contribution in [0.1, 0.15) is 29.8 Å². The molecule has 2 aromatic carbocycles. The van der Waals surface area contributed by atoms with Crippen molar-refractivity contribution in [3.05, 3.63) is 59.7 Å². The molecule has 8 heteroatoms. The Kier molecular flexibility index (Phi) is 5.77. The maximum Gasteiger partial charge on any atom is 0.329 e. The first kappa shape index (κ1) is 21.0. The fourth-order valence-electron chi connectivity index (χ4n) is 3.31. The van der Waals surface area contributed by atoms with Gasteiger partial charge >= 0.3 is 5.97 Å². The molecule has 0 N–H and O–H groups in total. The van der Waals surface area contributed by atoms with Crippen LogP contribution in [0.5, 0.6) is 0 Å². The van der Waals surface area contributed by atoms with Crippen LogP contribution in [-0.2, 0) is 26.0 Å². The second-order valence-electron chi connectivity index (χ2n) is 7.19. The van der Waals surface area contributed by atoms with E-state index in [1.807, 2.05) is 12.1 Å². The van der Waals surface area contributed by atoms with Gasteiger partial charge in [-0.15, -0.1) is 0 Å². The van der Waals surface area contributed by atoms with Crippen LogP contribution in [0.15, 0.2) is 53.4 Å². The van der Waals surface area contributed by atoms with Crippen molar-refractivity contribution in [3.8, 4) is 0 Å². The predicted octanol–water partition coefficient (Wildman–Crippen LogP) is 2.46. The summed E-state index contributed by atoms with van der Waals surface area (Å²) in [5, 5.41) is 0. The summed E-state index contributed by atoms with van der Waals surface area (Å²) in [6.45, 7) is 3.57. The van der Waals surface area contributed by atoms with Crippen LogP contribution in [0, 0.1) is 0 Å². The molecule has 1 unspecified atom stereocenters. The lowest BCUT2D eigenvalue weighted by Crippen LogP contribution is -2.43. The molecule has 0 bridgehead atoms. The van der Waals surface area contributed by atoms with Gasteiger partial charge < -0.3 is 4.74 Å². The van der Waals surface area contributed by atoms with E-state index < -0.39 is 22.0 Å². The highest BCUT2D eigenvalue weighted by Crippen LogP contribution is 2.34. The number of anilines is 1. The molecule has 1 aliphatic rings. The molecule has 1 amide bonds. The molecule has 3 rings (SSSR count). The Morgan fingerprint density at radius 1 is 1.10 bits per heavy atom. The van der Waals surface area contributed by atoms with Crippen LogP contribution in [0.4, 0.5) is 5.69 Å². The van der Waals surface area contributed by atoms with Crippen molar-refractivity contribution < 1.29 is 22.7 Å². The molecule has 0 saturated carbocycles. The lowest BCUT2D eigenvalue weighted by Gasteiger charge is -2.24. The normalized spacial score (nSPS) is 16.2. The van der Waals surface area contributed by atoms with Gasteiger partial charge in [0, 0.05) is 30.8 Å². The zero-order valence-electron chi connectivity index (χ0n) is 16.8. The molecule has 0 spiro atoms. The van der Waals surface area contributed by atoms with Gasteiger partial charge in [-0.3, -0.25) is 9.69 Å². The minimum Gasteiger partial charge on any atom is -0.467 e. The molecule has 0 radical (unpaired) electrons. The highest BCUT2D eigenvalue weighted by Gasteiger charge is 2.39. The summed E-state index contributed by atoms with van der Waals surface area (Å²) < 4.78 is 31.4. The van der Waals surface area contributed by atoms with Gasteiger partial charge in [0.1, 0.15) is 6.04 Å². The molecule has 7 nitrogen and oxygen atoms in total. The van der Waals surface area contributed by atoms with Crippen molar-refractivity contribution in [2.24, 2.45) is 0 Å². The van der Waals surface area contributed by atoms with E-state index >= 15 is 0 Å². The van der Waals surface area contributed by atoms with Crippen LogP contribution in [0.3, 0.4) is 0 Å². The van der Waals surface area contributed by atoms with Crippen LogP contribution in [0.25, 0.3) is 0 Å². The predicted molar refractivity (Wildman–Crippen MR) is 109 cm³/mol. The molecule has 29 heavy (non-hydrogen) atoms. The Bertz CT molecular complexity index is 1030. The number of fused-ring (bicyclic) bond motifs is 1. The number of esters is 1. The summed E-state index contributed by atoms with van der Waals surface area (Å²) in [7, 11) is -0.837. The summed E-state index contributed by atoms with van der Waals surface area (Å²) in [4.78, 5) is 27.0. The summed E-state index contributed by atoms with van der Waals surface area (Å²) in [5.41, 5.74) is 1.83. The second kappa shape index (κ2) is 7.96. The molecule has 1 atom stereocenters. The Hall–Kier alpha value is -2.71. The van der Waals surface area contributed by atoms with Gasteiger partial charge in [-0.25, -0.2) is 13.2 Å². The molecule has 2 aromatic rings. The number of rotatable bonds is 5. The summed E-state index contributed by atoms with van der Waals surface area (Å²) in [6, 6.07) is 12.1. The monoisotopic (exact) mass is 416 g/mol. The van der Waals surface area contributed by atoms with Crippen LogP contribution < -0.4 is 4.90 Å². The topological polar surface area (TPSA) is 84.0 Å². The minimum atomic E-state index is -3.64. The number of methoxy groups -OCH3 is 1. The standard InChI is InChI=1S/C21H24N2O5S/c1-14(2)22(3)29(26,27)17-11-9-15(10-12-17)20(24)23-18-8-6-5-7-16(18)13-19(23)21(25)28-4/h5-12,14,19H,13H2,1-4H3. The van der Waals surface area contributed by atoms with Crippen molar-refractivity contribution in [2.75, 3.05) is 19.1 Å². The lowest BCUT2D eigenvalue weighted by atomic mass is 10.1. The number of para-hydroxylation sites is 1. The van der Waals surface area contributed by atoms with E-state index in [1.54, 1.807) is 26.0 Å². The van der Waals surface area contributed by atoms with E-state index in [1.165, 1.54) is 47.6 Å². The average Bonchev–Trinajstić information content (AvgIpc) is 3.11. The van der Waals surface area contributed by atoms with Gasteiger partial charge in [0.05, 0.1) is 12.0 Å². The van der Waals surface area contributed by atoms with Crippen molar-refractivity contribution in [1.29, 1.82) is 0 Å². The maximum absolute atomic E-state index is 13.2. The summed E-state index contributed by atoms with van der Waals surface area (Å²) in [6.07, 6.45) is 0.375. The van der Waals surface area contributed by atoms with Gasteiger partial charge in [0.15, 0.2) is 0 Å². The van der Waals surface area contributed by atoms with Gasteiger partial charge in [0.2, 0.25) is 10.0 Å². The number of carbonyl (C=O) groups excluding carboxylic acids is 2. The Morgan fingerprint density at radius 2 is 1.72 bits per heavy atom. The lowest BCUT2D eigenvalue weighted by molar-refractivity contribution is -0.141. The summed E-state index contributed by atoms with van der Waals surface area (Å²) in [5.74, 6) is -0.876. The number of sulfonamides is 1. The highest BCUT2D eigenvalue weighted by molar-refractivity contribution is 7.89.